The van der Waals surface area contributed by atoms with E-state index >= 15 is 0 Å². The van der Waals surface area contributed by atoms with E-state index in [4.69, 9.17) is 11.6 Å². The lowest BCUT2D eigenvalue weighted by Crippen LogP contribution is -2.19. The summed E-state index contributed by atoms with van der Waals surface area (Å²) in [5, 5.41) is 3.46. The van der Waals surface area contributed by atoms with Gasteiger partial charge in [0.2, 0.25) is 0 Å². The first-order chi connectivity index (χ1) is 9.49. The highest BCUT2D eigenvalue weighted by Gasteiger charge is 2.12. The second kappa shape index (κ2) is 6.33. The summed E-state index contributed by atoms with van der Waals surface area (Å²) >= 11 is 5.83. The summed E-state index contributed by atoms with van der Waals surface area (Å²) in [6.45, 7) is 3.97. The maximum atomic E-state index is 13.2. The summed E-state index contributed by atoms with van der Waals surface area (Å²) in [5.41, 5.74) is 4.18. The van der Waals surface area contributed by atoms with Gasteiger partial charge in [-0.1, -0.05) is 17.7 Å². The molecule has 106 valence electrons. The number of aryl methyl sites for hydroxylation is 2. The number of pyridine rings is 1. The number of hydrogen-bond acceptors (Lipinski definition) is 2. The minimum atomic E-state index is -0.382. The Bertz CT molecular complexity index is 593. The Kier molecular flexibility index (Phi) is 4.73. The molecule has 0 aliphatic rings. The fourth-order valence-corrected chi connectivity index (χ4v) is 2.56. The average molecular weight is 293 g/mol. The first kappa shape index (κ1) is 14.9. The zero-order valence-corrected chi connectivity index (χ0v) is 12.6. The molecule has 0 aliphatic carbocycles. The predicted molar refractivity (Wildman–Crippen MR) is 80.6 cm³/mol. The second-order valence-corrected chi connectivity index (χ2v) is 5.38. The molecule has 2 nitrogen and oxygen atoms in total. The Morgan fingerprint density at radius 1 is 1.20 bits per heavy atom. The van der Waals surface area contributed by atoms with Crippen LogP contribution in [0.4, 0.5) is 4.39 Å². The van der Waals surface area contributed by atoms with Crippen molar-refractivity contribution in [2.45, 2.75) is 26.3 Å². The maximum Gasteiger partial charge on any atom is 0.141 e. The third kappa shape index (κ3) is 3.56. The molecule has 0 saturated carbocycles. The van der Waals surface area contributed by atoms with Crippen molar-refractivity contribution < 1.29 is 4.39 Å². The number of rotatable bonds is 4. The van der Waals surface area contributed by atoms with Gasteiger partial charge >= 0.3 is 0 Å². The van der Waals surface area contributed by atoms with E-state index in [1.165, 1.54) is 11.6 Å². The van der Waals surface area contributed by atoms with Crippen molar-refractivity contribution in [2.75, 3.05) is 7.05 Å². The van der Waals surface area contributed by atoms with Gasteiger partial charge in [0.05, 0.1) is 5.02 Å². The van der Waals surface area contributed by atoms with E-state index in [-0.39, 0.29) is 16.9 Å². The van der Waals surface area contributed by atoms with Crippen LogP contribution in [-0.4, -0.2) is 12.0 Å². The Hall–Kier alpha value is -1.45. The Labute approximate surface area is 124 Å². The van der Waals surface area contributed by atoms with Gasteiger partial charge in [-0.05, 0) is 62.7 Å². The van der Waals surface area contributed by atoms with Gasteiger partial charge in [-0.15, -0.1) is 0 Å². The molecule has 1 heterocycles. The second-order valence-electron chi connectivity index (χ2n) is 4.98. The molecule has 1 unspecified atom stereocenters. The van der Waals surface area contributed by atoms with E-state index in [1.54, 1.807) is 12.1 Å². The minimum absolute atomic E-state index is 0.150. The van der Waals surface area contributed by atoms with E-state index < -0.39 is 0 Å². The highest BCUT2D eigenvalue weighted by Crippen LogP contribution is 2.22. The molecule has 2 rings (SSSR count). The van der Waals surface area contributed by atoms with Crippen LogP contribution in [0.5, 0.6) is 0 Å². The lowest BCUT2D eigenvalue weighted by molar-refractivity contribution is 0.587. The first-order valence-electron chi connectivity index (χ1n) is 6.56. The summed E-state index contributed by atoms with van der Waals surface area (Å²) < 4.78 is 13.2. The molecule has 1 atom stereocenters. The highest BCUT2D eigenvalue weighted by molar-refractivity contribution is 6.30. The normalized spacial score (nSPS) is 12.4. The largest absolute Gasteiger partial charge is 0.313 e. The molecule has 0 fully saturated rings. The van der Waals surface area contributed by atoms with Gasteiger partial charge in [-0.2, -0.15) is 0 Å². The van der Waals surface area contributed by atoms with Gasteiger partial charge in [-0.3, -0.25) is 4.98 Å². The number of halogens is 2. The van der Waals surface area contributed by atoms with Crippen LogP contribution in [-0.2, 0) is 6.42 Å². The molecule has 0 radical (unpaired) electrons. The number of likely N-dealkylation sites (N-methyl/N-ethyl adjacent to an activating group) is 1. The smallest absolute Gasteiger partial charge is 0.141 e. The number of benzene rings is 1. The first-order valence-corrected chi connectivity index (χ1v) is 6.94. The van der Waals surface area contributed by atoms with Gasteiger partial charge in [0, 0.05) is 17.4 Å². The van der Waals surface area contributed by atoms with Crippen LogP contribution in [0.1, 0.15) is 28.6 Å². The van der Waals surface area contributed by atoms with Gasteiger partial charge in [0.25, 0.3) is 0 Å². The van der Waals surface area contributed by atoms with Crippen LogP contribution < -0.4 is 5.32 Å². The molecule has 4 heteroatoms. The topological polar surface area (TPSA) is 24.9 Å². The minimum Gasteiger partial charge on any atom is -0.313 e. The maximum absolute atomic E-state index is 13.2. The third-order valence-electron chi connectivity index (χ3n) is 3.28. The van der Waals surface area contributed by atoms with Crippen molar-refractivity contribution >= 4 is 11.6 Å². The molecule has 2 aromatic rings. The van der Waals surface area contributed by atoms with E-state index in [9.17, 15) is 4.39 Å². The van der Waals surface area contributed by atoms with Crippen molar-refractivity contribution in [1.82, 2.24) is 10.3 Å². The van der Waals surface area contributed by atoms with Crippen LogP contribution in [0.15, 0.2) is 30.3 Å². The van der Waals surface area contributed by atoms with Gasteiger partial charge < -0.3 is 5.32 Å². The van der Waals surface area contributed by atoms with Crippen LogP contribution in [0, 0.1) is 19.7 Å². The van der Waals surface area contributed by atoms with Crippen molar-refractivity contribution in [2.24, 2.45) is 0 Å². The predicted octanol–water partition coefficient (Wildman–Crippen LogP) is 3.99. The highest BCUT2D eigenvalue weighted by atomic mass is 35.5. The number of aromatic nitrogens is 1. The Balaban J connectivity index is 2.26. The molecule has 1 aromatic heterocycles. The summed E-state index contributed by atoms with van der Waals surface area (Å²) in [5.74, 6) is -0.382. The lowest BCUT2D eigenvalue weighted by Gasteiger charge is -2.18. The van der Waals surface area contributed by atoms with E-state index in [2.05, 4.69) is 22.4 Å². The van der Waals surface area contributed by atoms with Gasteiger partial charge in [-0.25, -0.2) is 4.39 Å². The quantitative estimate of drug-likeness (QED) is 0.921. The van der Waals surface area contributed by atoms with Crippen LogP contribution in [0.3, 0.4) is 0 Å². The van der Waals surface area contributed by atoms with Crippen LogP contribution >= 0.6 is 11.6 Å². The molecule has 0 aliphatic heterocycles. The summed E-state index contributed by atoms with van der Waals surface area (Å²) in [6.07, 6.45) is 0.749. The van der Waals surface area contributed by atoms with Crippen LogP contribution in [0.25, 0.3) is 0 Å². The van der Waals surface area contributed by atoms with Gasteiger partial charge in [0.1, 0.15) is 5.82 Å². The summed E-state index contributed by atoms with van der Waals surface area (Å²) in [7, 11) is 1.92. The Morgan fingerprint density at radius 3 is 2.40 bits per heavy atom. The number of nitrogens with one attached hydrogen (secondary N) is 1. The zero-order chi connectivity index (χ0) is 14.7. The van der Waals surface area contributed by atoms with E-state index in [0.29, 0.717) is 0 Å². The molecule has 0 spiro atoms. The molecule has 1 aromatic carbocycles. The monoisotopic (exact) mass is 292 g/mol. The molecular weight excluding hydrogens is 275 g/mol. The molecule has 0 bridgehead atoms. The molecule has 1 N–H and O–H groups in total. The summed E-state index contributed by atoms with van der Waals surface area (Å²) in [4.78, 5) is 4.39. The molecule has 0 saturated heterocycles. The fourth-order valence-electron chi connectivity index (χ4n) is 2.36. The summed E-state index contributed by atoms with van der Waals surface area (Å²) in [6, 6.07) is 9.15. The van der Waals surface area contributed by atoms with Crippen LogP contribution in [0.2, 0.25) is 5.02 Å². The average Bonchev–Trinajstić information content (AvgIpc) is 2.38. The zero-order valence-electron chi connectivity index (χ0n) is 11.9. The lowest BCUT2D eigenvalue weighted by atomic mass is 9.98. The molecule has 0 amide bonds. The standard InChI is InChI=1S/C16H18ClFN2/c1-10-6-13(7-11(2)20-10)16(19-3)9-12-4-5-15(18)14(17)8-12/h4-8,16,19H,9H2,1-3H3. The SMILES string of the molecule is CNC(Cc1ccc(F)c(Cl)c1)c1cc(C)nc(C)c1. The van der Waals surface area contributed by atoms with Crippen molar-refractivity contribution in [3.63, 3.8) is 0 Å². The van der Waals surface area contributed by atoms with Crippen molar-refractivity contribution in [1.29, 1.82) is 0 Å². The molecule has 20 heavy (non-hydrogen) atoms. The third-order valence-corrected chi connectivity index (χ3v) is 3.57. The number of hydrogen-bond donors (Lipinski definition) is 1. The van der Waals surface area contributed by atoms with E-state index in [0.717, 1.165) is 23.4 Å². The number of nitrogens with zero attached hydrogens (tertiary/aromatic N) is 1. The van der Waals surface area contributed by atoms with E-state index in [1.807, 2.05) is 20.9 Å². The van der Waals surface area contributed by atoms with Crippen molar-refractivity contribution in [3.05, 3.63) is 63.7 Å². The fraction of sp³-hybridized carbons (Fsp3) is 0.312. The van der Waals surface area contributed by atoms with Gasteiger partial charge in [0.15, 0.2) is 0 Å². The molecular formula is C16H18ClFN2. The Morgan fingerprint density at radius 2 is 1.85 bits per heavy atom. The van der Waals surface area contributed by atoms with Crippen molar-refractivity contribution in [3.8, 4) is 0 Å².